The van der Waals surface area contributed by atoms with Gasteiger partial charge in [-0.15, -0.1) is 0 Å². The summed E-state index contributed by atoms with van der Waals surface area (Å²) in [7, 11) is 0. The van der Waals surface area contributed by atoms with Gasteiger partial charge in [0.05, 0.1) is 6.54 Å². The lowest BCUT2D eigenvalue weighted by molar-refractivity contribution is -0.132. The van der Waals surface area contributed by atoms with Crippen LogP contribution in [-0.4, -0.2) is 27.5 Å². The Hall–Kier alpha value is -2.17. The molecule has 3 rings (SSSR count). The molecule has 0 spiro atoms. The summed E-state index contributed by atoms with van der Waals surface area (Å²) in [5.74, 6) is 1.60. The van der Waals surface area contributed by atoms with Crippen molar-refractivity contribution in [2.45, 2.75) is 45.6 Å². The van der Waals surface area contributed by atoms with E-state index in [2.05, 4.69) is 34.4 Å². The fourth-order valence-corrected chi connectivity index (χ4v) is 3.15. The number of rotatable bonds is 5. The molecule has 1 atom stereocenters. The summed E-state index contributed by atoms with van der Waals surface area (Å²) in [4.78, 5) is 18.6. The van der Waals surface area contributed by atoms with E-state index in [0.29, 0.717) is 37.1 Å². The first kappa shape index (κ1) is 14.8. The minimum atomic E-state index is 0.159. The summed E-state index contributed by atoms with van der Waals surface area (Å²) in [5.41, 5.74) is 2.72. The van der Waals surface area contributed by atoms with Gasteiger partial charge in [-0.3, -0.25) is 4.79 Å². The molecule has 116 valence electrons. The van der Waals surface area contributed by atoms with Crippen molar-refractivity contribution in [3.05, 3.63) is 47.1 Å². The first-order valence-electron chi connectivity index (χ1n) is 7.82. The molecule has 22 heavy (non-hydrogen) atoms. The van der Waals surface area contributed by atoms with Crippen LogP contribution in [0.4, 0.5) is 0 Å². The van der Waals surface area contributed by atoms with Gasteiger partial charge in [0.25, 0.3) is 0 Å². The summed E-state index contributed by atoms with van der Waals surface area (Å²) in [5, 5.41) is 3.87. The van der Waals surface area contributed by atoms with Gasteiger partial charge >= 0.3 is 0 Å². The minimum absolute atomic E-state index is 0.159. The Balaban J connectivity index is 1.65. The van der Waals surface area contributed by atoms with Crippen LogP contribution >= 0.6 is 0 Å². The van der Waals surface area contributed by atoms with E-state index < -0.39 is 0 Å². The van der Waals surface area contributed by atoms with Crippen molar-refractivity contribution < 1.29 is 9.32 Å². The number of hydrogen-bond donors (Lipinski definition) is 0. The van der Waals surface area contributed by atoms with Crippen LogP contribution in [0, 0.1) is 6.92 Å². The second-order valence-electron chi connectivity index (χ2n) is 5.78. The van der Waals surface area contributed by atoms with Crippen LogP contribution < -0.4 is 0 Å². The summed E-state index contributed by atoms with van der Waals surface area (Å²) in [6, 6.07) is 8.44. The van der Waals surface area contributed by atoms with Crippen LogP contribution in [0.2, 0.25) is 0 Å². The molecule has 1 aliphatic carbocycles. The van der Waals surface area contributed by atoms with Gasteiger partial charge in [-0.1, -0.05) is 29.4 Å². The summed E-state index contributed by atoms with van der Waals surface area (Å²) >= 11 is 0. The second kappa shape index (κ2) is 6.30. The van der Waals surface area contributed by atoms with Gasteiger partial charge in [-0.25, -0.2) is 0 Å². The van der Waals surface area contributed by atoms with Crippen LogP contribution in [0.1, 0.15) is 48.5 Å². The zero-order valence-electron chi connectivity index (χ0n) is 13.1. The fraction of sp³-hybridized carbons (Fsp3) is 0.471. The molecular weight excluding hydrogens is 278 g/mol. The molecule has 5 heteroatoms. The first-order chi connectivity index (χ1) is 10.7. The maximum Gasteiger partial charge on any atom is 0.223 e. The molecule has 0 saturated carbocycles. The largest absolute Gasteiger partial charge is 0.340 e. The number of carbonyl (C=O) groups is 1. The molecule has 0 saturated heterocycles. The molecule has 5 nitrogen and oxygen atoms in total. The first-order valence-corrected chi connectivity index (χ1v) is 7.82. The van der Waals surface area contributed by atoms with Crippen molar-refractivity contribution >= 4 is 5.91 Å². The molecular formula is C17H21N3O2. The van der Waals surface area contributed by atoms with E-state index in [1.54, 1.807) is 11.8 Å². The highest BCUT2D eigenvalue weighted by molar-refractivity contribution is 5.77. The summed E-state index contributed by atoms with van der Waals surface area (Å²) < 4.78 is 4.97. The zero-order chi connectivity index (χ0) is 15.5. The number of aryl methyl sites for hydroxylation is 2. The number of fused-ring (bicyclic) bond motifs is 1. The van der Waals surface area contributed by atoms with Crippen molar-refractivity contribution in [1.29, 1.82) is 0 Å². The van der Waals surface area contributed by atoms with Crippen LogP contribution in [0.15, 0.2) is 28.8 Å². The van der Waals surface area contributed by atoms with Gasteiger partial charge in [-0.05, 0) is 36.8 Å². The third-order valence-electron chi connectivity index (χ3n) is 4.31. The Morgan fingerprint density at radius 2 is 2.23 bits per heavy atom. The standard InChI is InChI=1S/C17H21N3O2/c1-3-20(11-16-18-12(2)22-19-16)17(21)10-14-9-8-13-6-4-5-7-15(13)14/h4-7,14H,3,8-11H2,1-2H3/t14-/m0/s1. The van der Waals surface area contributed by atoms with Gasteiger partial charge in [0.15, 0.2) is 5.82 Å². The Morgan fingerprint density at radius 3 is 2.95 bits per heavy atom. The topological polar surface area (TPSA) is 59.2 Å². The molecule has 0 unspecified atom stereocenters. The van der Waals surface area contributed by atoms with E-state index >= 15 is 0 Å². The Morgan fingerprint density at radius 1 is 1.41 bits per heavy atom. The lowest BCUT2D eigenvalue weighted by Crippen LogP contribution is -2.31. The monoisotopic (exact) mass is 299 g/mol. The average molecular weight is 299 g/mol. The molecule has 0 bridgehead atoms. The van der Waals surface area contributed by atoms with Gasteiger partial charge in [0.1, 0.15) is 0 Å². The van der Waals surface area contributed by atoms with E-state index in [4.69, 9.17) is 4.52 Å². The molecule has 1 heterocycles. The zero-order valence-corrected chi connectivity index (χ0v) is 13.1. The lowest BCUT2D eigenvalue weighted by atomic mass is 9.97. The van der Waals surface area contributed by atoms with E-state index in [-0.39, 0.29) is 5.91 Å². The van der Waals surface area contributed by atoms with Crippen LogP contribution in [-0.2, 0) is 17.8 Å². The molecule has 0 aliphatic heterocycles. The molecule has 1 amide bonds. The number of amides is 1. The smallest absolute Gasteiger partial charge is 0.223 e. The van der Waals surface area contributed by atoms with Crippen LogP contribution in [0.3, 0.4) is 0 Å². The lowest BCUT2D eigenvalue weighted by Gasteiger charge is -2.21. The maximum atomic E-state index is 12.6. The third kappa shape index (κ3) is 3.03. The van der Waals surface area contributed by atoms with Crippen molar-refractivity contribution in [2.75, 3.05) is 6.54 Å². The molecule has 0 N–H and O–H groups in total. The number of hydrogen-bond acceptors (Lipinski definition) is 4. The van der Waals surface area contributed by atoms with Gasteiger partial charge in [-0.2, -0.15) is 4.98 Å². The van der Waals surface area contributed by atoms with Crippen LogP contribution in [0.5, 0.6) is 0 Å². The van der Waals surface area contributed by atoms with Crippen molar-refractivity contribution in [1.82, 2.24) is 15.0 Å². The van der Waals surface area contributed by atoms with E-state index in [1.165, 1.54) is 11.1 Å². The molecule has 0 radical (unpaired) electrons. The Bertz CT molecular complexity index is 665. The molecule has 0 fully saturated rings. The van der Waals surface area contributed by atoms with Crippen molar-refractivity contribution in [2.24, 2.45) is 0 Å². The van der Waals surface area contributed by atoms with Crippen molar-refractivity contribution in [3.8, 4) is 0 Å². The highest BCUT2D eigenvalue weighted by Gasteiger charge is 2.26. The summed E-state index contributed by atoms with van der Waals surface area (Å²) in [6.07, 6.45) is 2.69. The number of benzene rings is 1. The third-order valence-corrected chi connectivity index (χ3v) is 4.31. The molecule has 2 aromatic rings. The van der Waals surface area contributed by atoms with Gasteiger partial charge in [0, 0.05) is 19.9 Å². The molecule has 1 aromatic heterocycles. The Labute approximate surface area is 130 Å². The van der Waals surface area contributed by atoms with Crippen molar-refractivity contribution in [3.63, 3.8) is 0 Å². The predicted molar refractivity (Wildman–Crippen MR) is 82.2 cm³/mol. The molecule has 1 aromatic carbocycles. The fourth-order valence-electron chi connectivity index (χ4n) is 3.15. The average Bonchev–Trinajstić information content (AvgIpc) is 3.11. The highest BCUT2D eigenvalue weighted by Crippen LogP contribution is 2.35. The minimum Gasteiger partial charge on any atom is -0.340 e. The SMILES string of the molecule is CCN(Cc1noc(C)n1)C(=O)C[C@@H]1CCc2ccccc21. The summed E-state index contributed by atoms with van der Waals surface area (Å²) in [6.45, 7) is 4.80. The molecule has 1 aliphatic rings. The predicted octanol–water partition coefficient (Wildman–Crippen LogP) is 2.85. The van der Waals surface area contributed by atoms with E-state index in [1.807, 2.05) is 6.92 Å². The number of aromatic nitrogens is 2. The quantitative estimate of drug-likeness (QED) is 0.852. The van der Waals surface area contributed by atoms with Crippen LogP contribution in [0.25, 0.3) is 0 Å². The van der Waals surface area contributed by atoms with E-state index in [9.17, 15) is 4.79 Å². The maximum absolute atomic E-state index is 12.6. The van der Waals surface area contributed by atoms with Gasteiger partial charge in [0.2, 0.25) is 11.8 Å². The number of carbonyl (C=O) groups excluding carboxylic acids is 1. The van der Waals surface area contributed by atoms with E-state index in [0.717, 1.165) is 12.8 Å². The normalized spacial score (nSPS) is 16.5. The van der Waals surface area contributed by atoms with Gasteiger partial charge < -0.3 is 9.42 Å². The number of nitrogens with zero attached hydrogens (tertiary/aromatic N) is 3. The highest BCUT2D eigenvalue weighted by atomic mass is 16.5. The second-order valence-corrected chi connectivity index (χ2v) is 5.78. The Kier molecular flexibility index (Phi) is 4.22.